The van der Waals surface area contributed by atoms with Crippen molar-refractivity contribution in [3.63, 3.8) is 0 Å². The number of anilines is 2. The minimum absolute atomic E-state index is 0.171. The van der Waals surface area contributed by atoms with Crippen LogP contribution in [0.1, 0.15) is 17.3 Å². The zero-order chi connectivity index (χ0) is 21.8. The van der Waals surface area contributed by atoms with E-state index in [1.807, 2.05) is 0 Å². The van der Waals surface area contributed by atoms with Crippen molar-refractivity contribution in [3.05, 3.63) is 48.6 Å². The second-order valence-electron chi connectivity index (χ2n) is 6.55. The number of amides is 2. The quantitative estimate of drug-likeness (QED) is 0.703. The number of fused-ring (bicyclic) bond motifs is 1. The highest BCUT2D eigenvalue weighted by Crippen LogP contribution is 2.39. The normalized spacial score (nSPS) is 15.0. The van der Waals surface area contributed by atoms with Crippen LogP contribution in [0, 0.1) is 0 Å². The van der Waals surface area contributed by atoms with Gasteiger partial charge < -0.3 is 29.2 Å². The van der Waals surface area contributed by atoms with Gasteiger partial charge in [-0.1, -0.05) is 6.08 Å². The molecule has 0 bridgehead atoms. The number of rotatable bonds is 7. The van der Waals surface area contributed by atoms with Crippen LogP contribution in [0.15, 0.2) is 43.0 Å². The number of benzene rings is 2. The molecule has 30 heavy (non-hydrogen) atoms. The highest BCUT2D eigenvalue weighted by Gasteiger charge is 2.31. The lowest BCUT2D eigenvalue weighted by molar-refractivity contribution is -0.125. The SMILES string of the molecule is C=CCN1C(=O)C(C)Oc2ccc(NC(=O)c3cc(OC)c(OC)c(OC)c3)cc21. The van der Waals surface area contributed by atoms with Crippen LogP contribution in [0.3, 0.4) is 0 Å². The monoisotopic (exact) mass is 412 g/mol. The fourth-order valence-corrected chi connectivity index (χ4v) is 3.22. The van der Waals surface area contributed by atoms with Crippen LogP contribution in [0.2, 0.25) is 0 Å². The van der Waals surface area contributed by atoms with Crippen LogP contribution in [0.25, 0.3) is 0 Å². The molecule has 0 aliphatic carbocycles. The van der Waals surface area contributed by atoms with Crippen LogP contribution in [0.5, 0.6) is 23.0 Å². The summed E-state index contributed by atoms with van der Waals surface area (Å²) in [6.07, 6.45) is 1.05. The zero-order valence-corrected chi connectivity index (χ0v) is 17.4. The van der Waals surface area contributed by atoms with E-state index < -0.39 is 6.10 Å². The van der Waals surface area contributed by atoms with Crippen molar-refractivity contribution in [2.45, 2.75) is 13.0 Å². The summed E-state index contributed by atoms with van der Waals surface area (Å²) < 4.78 is 21.6. The molecule has 2 amide bonds. The van der Waals surface area contributed by atoms with Gasteiger partial charge in [-0.3, -0.25) is 9.59 Å². The fraction of sp³-hybridized carbons (Fsp3) is 0.273. The summed E-state index contributed by atoms with van der Waals surface area (Å²) in [4.78, 5) is 26.9. The third-order valence-electron chi connectivity index (χ3n) is 4.66. The van der Waals surface area contributed by atoms with Crippen LogP contribution < -0.4 is 29.2 Å². The van der Waals surface area contributed by atoms with Gasteiger partial charge in [0.1, 0.15) is 5.75 Å². The first-order chi connectivity index (χ1) is 14.4. The molecule has 2 aromatic rings. The van der Waals surface area contributed by atoms with Crippen molar-refractivity contribution in [1.29, 1.82) is 0 Å². The topological polar surface area (TPSA) is 86.3 Å². The van der Waals surface area contributed by atoms with Crippen molar-refractivity contribution in [3.8, 4) is 23.0 Å². The van der Waals surface area contributed by atoms with Gasteiger partial charge in [-0.2, -0.15) is 0 Å². The number of nitrogens with zero attached hydrogens (tertiary/aromatic N) is 1. The van der Waals surface area contributed by atoms with Crippen molar-refractivity contribution >= 4 is 23.2 Å². The molecule has 3 rings (SSSR count). The largest absolute Gasteiger partial charge is 0.493 e. The molecule has 1 aliphatic rings. The maximum atomic E-state index is 12.9. The van der Waals surface area contributed by atoms with Crippen molar-refractivity contribution in [1.82, 2.24) is 0 Å². The molecular weight excluding hydrogens is 388 g/mol. The first-order valence-electron chi connectivity index (χ1n) is 9.27. The van der Waals surface area contributed by atoms with E-state index in [1.165, 1.54) is 21.3 Å². The summed E-state index contributed by atoms with van der Waals surface area (Å²) in [5.74, 6) is 1.16. The molecule has 8 heteroatoms. The molecule has 0 saturated heterocycles. The number of methoxy groups -OCH3 is 3. The predicted octanol–water partition coefficient (Wildman–Crippen LogP) is 3.26. The lowest BCUT2D eigenvalue weighted by Crippen LogP contribution is -2.44. The number of hydrogen-bond donors (Lipinski definition) is 1. The summed E-state index contributed by atoms with van der Waals surface area (Å²) >= 11 is 0. The Balaban J connectivity index is 1.91. The third kappa shape index (κ3) is 3.89. The molecule has 0 fully saturated rings. The molecule has 0 radical (unpaired) electrons. The summed E-state index contributed by atoms with van der Waals surface area (Å²) in [6.45, 7) is 5.74. The minimum atomic E-state index is -0.586. The average molecular weight is 412 g/mol. The van der Waals surface area contributed by atoms with Crippen LogP contribution in [0.4, 0.5) is 11.4 Å². The van der Waals surface area contributed by atoms with E-state index in [2.05, 4.69) is 11.9 Å². The molecule has 1 aliphatic heterocycles. The number of nitrogens with one attached hydrogen (secondary N) is 1. The number of carbonyl (C=O) groups is 2. The van der Waals surface area contributed by atoms with E-state index in [-0.39, 0.29) is 11.8 Å². The van der Waals surface area contributed by atoms with E-state index in [4.69, 9.17) is 18.9 Å². The molecule has 0 aromatic heterocycles. The molecule has 1 atom stereocenters. The smallest absolute Gasteiger partial charge is 0.268 e. The Kier molecular flexibility index (Phi) is 6.15. The molecule has 158 valence electrons. The lowest BCUT2D eigenvalue weighted by Gasteiger charge is -2.32. The van der Waals surface area contributed by atoms with Crippen LogP contribution >= 0.6 is 0 Å². The Morgan fingerprint density at radius 3 is 2.40 bits per heavy atom. The van der Waals surface area contributed by atoms with Crippen molar-refractivity contribution in [2.24, 2.45) is 0 Å². The predicted molar refractivity (Wildman–Crippen MR) is 113 cm³/mol. The van der Waals surface area contributed by atoms with E-state index >= 15 is 0 Å². The van der Waals surface area contributed by atoms with Gasteiger partial charge in [0.2, 0.25) is 5.75 Å². The molecule has 1 heterocycles. The van der Waals surface area contributed by atoms with Crippen molar-refractivity contribution < 1.29 is 28.5 Å². The second kappa shape index (κ2) is 8.77. The van der Waals surface area contributed by atoms with Crippen LogP contribution in [-0.2, 0) is 4.79 Å². The maximum absolute atomic E-state index is 12.9. The van der Waals surface area contributed by atoms with E-state index in [1.54, 1.807) is 48.2 Å². The van der Waals surface area contributed by atoms with Crippen molar-refractivity contribution in [2.75, 3.05) is 38.1 Å². The van der Waals surface area contributed by atoms with Gasteiger partial charge in [0.15, 0.2) is 17.6 Å². The Bertz CT molecular complexity index is 963. The molecule has 0 spiro atoms. The Labute approximate surface area is 175 Å². The van der Waals surface area contributed by atoms with Gasteiger partial charge in [0.25, 0.3) is 11.8 Å². The summed E-state index contributed by atoms with van der Waals surface area (Å²) in [7, 11) is 4.45. The van der Waals surface area contributed by atoms with E-state index in [0.29, 0.717) is 46.5 Å². The maximum Gasteiger partial charge on any atom is 0.268 e. The first kappa shape index (κ1) is 21.0. The van der Waals surface area contributed by atoms with Gasteiger partial charge >= 0.3 is 0 Å². The highest BCUT2D eigenvalue weighted by molar-refractivity contribution is 6.06. The van der Waals surface area contributed by atoms with Crippen LogP contribution in [-0.4, -0.2) is 45.8 Å². The second-order valence-corrected chi connectivity index (χ2v) is 6.55. The third-order valence-corrected chi connectivity index (χ3v) is 4.66. The van der Waals surface area contributed by atoms with Gasteiger partial charge in [-0.25, -0.2) is 0 Å². The highest BCUT2D eigenvalue weighted by atomic mass is 16.5. The van der Waals surface area contributed by atoms with Gasteiger partial charge in [0, 0.05) is 17.8 Å². The number of carbonyl (C=O) groups excluding carboxylic acids is 2. The molecule has 8 nitrogen and oxygen atoms in total. The Hall–Kier alpha value is -3.68. The van der Waals surface area contributed by atoms with Gasteiger partial charge in [-0.05, 0) is 37.3 Å². The first-order valence-corrected chi connectivity index (χ1v) is 9.27. The van der Waals surface area contributed by atoms with Gasteiger partial charge in [0.05, 0.1) is 27.0 Å². The van der Waals surface area contributed by atoms with E-state index in [0.717, 1.165) is 0 Å². The number of hydrogen-bond acceptors (Lipinski definition) is 6. The minimum Gasteiger partial charge on any atom is -0.493 e. The summed E-state index contributed by atoms with van der Waals surface area (Å²) in [5, 5.41) is 2.83. The average Bonchev–Trinajstić information content (AvgIpc) is 2.76. The molecule has 1 unspecified atom stereocenters. The molecule has 0 saturated carbocycles. The molecule has 2 aromatic carbocycles. The Morgan fingerprint density at radius 1 is 1.17 bits per heavy atom. The van der Waals surface area contributed by atoms with E-state index in [9.17, 15) is 9.59 Å². The number of ether oxygens (including phenoxy) is 4. The lowest BCUT2D eigenvalue weighted by atomic mass is 10.1. The van der Waals surface area contributed by atoms with Gasteiger partial charge in [-0.15, -0.1) is 6.58 Å². The summed E-state index contributed by atoms with van der Waals surface area (Å²) in [5.41, 5.74) is 1.40. The Morgan fingerprint density at radius 2 is 1.83 bits per heavy atom. The zero-order valence-electron chi connectivity index (χ0n) is 17.4. The fourth-order valence-electron chi connectivity index (χ4n) is 3.22. The molecule has 1 N–H and O–H groups in total. The summed E-state index contributed by atoms with van der Waals surface area (Å²) in [6, 6.07) is 8.25. The molecular formula is C22H24N2O6. The standard InChI is InChI=1S/C22H24N2O6/c1-6-9-24-16-12-15(7-8-17(16)30-13(2)22(24)26)23-21(25)14-10-18(27-3)20(29-5)19(11-14)28-4/h6-8,10-13H,1,9H2,2-5H3,(H,23,25).